The molecule has 0 aliphatic heterocycles. The first kappa shape index (κ1) is 14.5. The van der Waals surface area contributed by atoms with Crippen LogP contribution in [0.4, 0.5) is 5.82 Å². The minimum absolute atomic E-state index is 0.229. The smallest absolute Gasteiger partial charge is 0.339 e. The molecular formula is C15H15BrN2O2. The Morgan fingerprint density at radius 1 is 1.30 bits per heavy atom. The zero-order valence-corrected chi connectivity index (χ0v) is 12.9. The summed E-state index contributed by atoms with van der Waals surface area (Å²) in [5.41, 5.74) is 2.80. The highest BCUT2D eigenvalue weighted by atomic mass is 79.9. The molecule has 2 rings (SSSR count). The molecule has 0 aliphatic rings. The molecule has 0 unspecified atom stereocenters. The Bertz CT molecular complexity index is 639. The highest BCUT2D eigenvalue weighted by molar-refractivity contribution is 9.10. The lowest BCUT2D eigenvalue weighted by atomic mass is 10.1. The number of carboxylic acids is 1. The van der Waals surface area contributed by atoms with Gasteiger partial charge in [-0.25, -0.2) is 9.78 Å². The Morgan fingerprint density at radius 3 is 2.55 bits per heavy atom. The molecule has 0 amide bonds. The topological polar surface area (TPSA) is 62.2 Å². The number of nitrogens with zero attached hydrogens (tertiary/aromatic N) is 1. The van der Waals surface area contributed by atoms with Crippen molar-refractivity contribution in [2.24, 2.45) is 0 Å². The van der Waals surface area contributed by atoms with Crippen LogP contribution in [0.3, 0.4) is 0 Å². The largest absolute Gasteiger partial charge is 0.478 e. The third-order valence-corrected chi connectivity index (χ3v) is 3.46. The summed E-state index contributed by atoms with van der Waals surface area (Å²) < 4.78 is 1.01. The maximum atomic E-state index is 11.3. The minimum atomic E-state index is -0.965. The van der Waals surface area contributed by atoms with Gasteiger partial charge >= 0.3 is 5.97 Å². The van der Waals surface area contributed by atoms with E-state index in [2.05, 4.69) is 26.2 Å². The number of anilines is 1. The van der Waals surface area contributed by atoms with Gasteiger partial charge in [-0.1, -0.05) is 28.1 Å². The van der Waals surface area contributed by atoms with Crippen LogP contribution in [0, 0.1) is 13.8 Å². The molecule has 0 saturated heterocycles. The fraction of sp³-hybridized carbons (Fsp3) is 0.200. The highest BCUT2D eigenvalue weighted by Gasteiger charge is 2.15. The number of halogens is 1. The van der Waals surface area contributed by atoms with Crippen molar-refractivity contribution in [2.75, 3.05) is 5.32 Å². The SMILES string of the molecule is Cc1cc(C)c(C(=O)O)c(NCc2ccc(Br)cc2)n1. The predicted molar refractivity (Wildman–Crippen MR) is 82.1 cm³/mol. The molecular weight excluding hydrogens is 320 g/mol. The van der Waals surface area contributed by atoms with Crippen LogP contribution in [0.2, 0.25) is 0 Å². The summed E-state index contributed by atoms with van der Waals surface area (Å²) in [5, 5.41) is 12.4. The van der Waals surface area contributed by atoms with Crippen molar-refractivity contribution >= 4 is 27.7 Å². The number of aryl methyl sites for hydroxylation is 2. The van der Waals surface area contributed by atoms with Gasteiger partial charge in [-0.2, -0.15) is 0 Å². The fourth-order valence-corrected chi connectivity index (χ4v) is 2.29. The number of nitrogens with one attached hydrogen (secondary N) is 1. The first-order valence-corrected chi connectivity index (χ1v) is 6.96. The lowest BCUT2D eigenvalue weighted by Crippen LogP contribution is -2.11. The Hall–Kier alpha value is -1.88. The average Bonchev–Trinajstić information content (AvgIpc) is 2.36. The van der Waals surface area contributed by atoms with Crippen molar-refractivity contribution in [1.82, 2.24) is 4.98 Å². The highest BCUT2D eigenvalue weighted by Crippen LogP contribution is 2.20. The van der Waals surface area contributed by atoms with E-state index in [4.69, 9.17) is 0 Å². The first-order chi connectivity index (χ1) is 9.47. The second kappa shape index (κ2) is 6.05. The van der Waals surface area contributed by atoms with Gasteiger partial charge in [-0.3, -0.25) is 0 Å². The normalized spacial score (nSPS) is 10.3. The third-order valence-electron chi connectivity index (χ3n) is 2.93. The Balaban J connectivity index is 2.24. The van der Waals surface area contributed by atoms with Gasteiger partial charge in [0.25, 0.3) is 0 Å². The van der Waals surface area contributed by atoms with Crippen LogP contribution >= 0.6 is 15.9 Å². The number of carboxylic acid groups (broad SMARTS) is 1. The van der Waals surface area contributed by atoms with E-state index >= 15 is 0 Å². The Labute approximate surface area is 126 Å². The average molecular weight is 335 g/mol. The molecule has 2 N–H and O–H groups in total. The van der Waals surface area contributed by atoms with Crippen molar-refractivity contribution in [1.29, 1.82) is 0 Å². The van der Waals surface area contributed by atoms with Crippen LogP contribution in [0.15, 0.2) is 34.8 Å². The van der Waals surface area contributed by atoms with Crippen molar-refractivity contribution in [2.45, 2.75) is 20.4 Å². The maximum absolute atomic E-state index is 11.3. The molecule has 1 aromatic carbocycles. The molecule has 4 nitrogen and oxygen atoms in total. The van der Waals surface area contributed by atoms with E-state index in [9.17, 15) is 9.90 Å². The number of aromatic carboxylic acids is 1. The van der Waals surface area contributed by atoms with Crippen molar-refractivity contribution in [3.05, 3.63) is 57.2 Å². The monoisotopic (exact) mass is 334 g/mol. The van der Waals surface area contributed by atoms with E-state index in [0.29, 0.717) is 17.9 Å². The summed E-state index contributed by atoms with van der Waals surface area (Å²) in [7, 11) is 0. The molecule has 2 aromatic rings. The van der Waals surface area contributed by atoms with Gasteiger partial charge in [0.15, 0.2) is 0 Å². The van der Waals surface area contributed by atoms with Crippen LogP contribution < -0.4 is 5.32 Å². The molecule has 0 spiro atoms. The third kappa shape index (κ3) is 3.36. The number of hydrogen-bond acceptors (Lipinski definition) is 3. The second-order valence-corrected chi connectivity index (χ2v) is 5.50. The van der Waals surface area contributed by atoms with E-state index in [1.165, 1.54) is 0 Å². The van der Waals surface area contributed by atoms with Crippen molar-refractivity contribution in [3.63, 3.8) is 0 Å². The van der Waals surface area contributed by atoms with Gasteiger partial charge in [-0.15, -0.1) is 0 Å². The van der Waals surface area contributed by atoms with Gasteiger partial charge in [0.1, 0.15) is 11.4 Å². The fourth-order valence-electron chi connectivity index (χ4n) is 2.02. The predicted octanol–water partition coefficient (Wildman–Crippen LogP) is 3.77. The van der Waals surface area contributed by atoms with E-state index in [-0.39, 0.29) is 5.56 Å². The number of benzene rings is 1. The summed E-state index contributed by atoms with van der Waals surface area (Å²) in [6, 6.07) is 9.61. The van der Waals surface area contributed by atoms with E-state index in [0.717, 1.165) is 15.7 Å². The maximum Gasteiger partial charge on any atom is 0.339 e. The molecule has 1 heterocycles. The molecule has 0 atom stereocenters. The molecule has 0 aliphatic carbocycles. The van der Waals surface area contributed by atoms with E-state index in [1.807, 2.05) is 31.2 Å². The minimum Gasteiger partial charge on any atom is -0.478 e. The van der Waals surface area contributed by atoms with Gasteiger partial charge in [0, 0.05) is 16.7 Å². The van der Waals surface area contributed by atoms with Gasteiger partial charge < -0.3 is 10.4 Å². The lowest BCUT2D eigenvalue weighted by Gasteiger charge is -2.12. The standard InChI is InChI=1S/C15H15BrN2O2/c1-9-7-10(2)18-14(13(9)15(19)20)17-8-11-3-5-12(16)6-4-11/h3-7H,8H2,1-2H3,(H,17,18)(H,19,20). The number of rotatable bonds is 4. The second-order valence-electron chi connectivity index (χ2n) is 4.59. The molecule has 0 saturated carbocycles. The number of hydrogen-bond donors (Lipinski definition) is 2. The van der Waals surface area contributed by atoms with Crippen LogP contribution in [-0.4, -0.2) is 16.1 Å². The quantitative estimate of drug-likeness (QED) is 0.893. The van der Waals surface area contributed by atoms with Gasteiger partial charge in [0.05, 0.1) is 0 Å². The molecule has 104 valence electrons. The van der Waals surface area contributed by atoms with Crippen LogP contribution in [-0.2, 0) is 6.54 Å². The van der Waals surface area contributed by atoms with E-state index < -0.39 is 5.97 Å². The Kier molecular flexibility index (Phi) is 4.39. The van der Waals surface area contributed by atoms with Crippen LogP contribution in [0.5, 0.6) is 0 Å². The van der Waals surface area contributed by atoms with E-state index in [1.54, 1.807) is 13.0 Å². The molecule has 20 heavy (non-hydrogen) atoms. The molecule has 0 fully saturated rings. The van der Waals surface area contributed by atoms with Gasteiger partial charge in [-0.05, 0) is 43.2 Å². The molecule has 1 aromatic heterocycles. The van der Waals surface area contributed by atoms with Crippen molar-refractivity contribution < 1.29 is 9.90 Å². The summed E-state index contributed by atoms with van der Waals surface area (Å²) in [4.78, 5) is 15.6. The number of pyridine rings is 1. The Morgan fingerprint density at radius 2 is 1.95 bits per heavy atom. The van der Waals surface area contributed by atoms with Crippen molar-refractivity contribution in [3.8, 4) is 0 Å². The van der Waals surface area contributed by atoms with Crippen LogP contribution in [0.1, 0.15) is 27.2 Å². The summed E-state index contributed by atoms with van der Waals surface area (Å²) in [5.74, 6) is -0.550. The zero-order chi connectivity index (χ0) is 14.7. The molecule has 0 radical (unpaired) electrons. The number of aromatic nitrogens is 1. The summed E-state index contributed by atoms with van der Waals surface area (Å²) in [6.45, 7) is 4.16. The molecule has 0 bridgehead atoms. The van der Waals surface area contributed by atoms with Gasteiger partial charge in [0.2, 0.25) is 0 Å². The summed E-state index contributed by atoms with van der Waals surface area (Å²) >= 11 is 3.38. The molecule has 5 heteroatoms. The summed E-state index contributed by atoms with van der Waals surface area (Å²) in [6.07, 6.45) is 0. The van der Waals surface area contributed by atoms with Crippen LogP contribution in [0.25, 0.3) is 0 Å². The zero-order valence-electron chi connectivity index (χ0n) is 11.3. The number of carbonyl (C=O) groups is 1. The first-order valence-electron chi connectivity index (χ1n) is 6.17. The lowest BCUT2D eigenvalue weighted by molar-refractivity contribution is 0.0697.